The smallest absolute Gasteiger partial charge is 0.115 e. The molecule has 0 aromatic rings. The number of aliphatic hydroxyl groups excluding tert-OH is 6. The summed E-state index contributed by atoms with van der Waals surface area (Å²) in [6, 6.07) is 0. The maximum absolute atomic E-state index is 10.2. The molecule has 2 rings (SSSR count). The molecule has 2 fully saturated rings. The molecule has 0 amide bonds. The van der Waals surface area contributed by atoms with Gasteiger partial charge in [0.2, 0.25) is 0 Å². The van der Waals surface area contributed by atoms with Crippen molar-refractivity contribution in [2.45, 2.75) is 61.0 Å². The SMILES string of the molecule is [N-]=[N+]=NC[C@H]1O[C@H](C2O[C@H](CN=[N+]=[N-])[C@@H](O)[C@H](O)[C@H]2O)[C@H](O)[C@@H](O)[C@@H]1O. The first kappa shape index (κ1) is 20.6. The molecule has 10 atom stereocenters. The Morgan fingerprint density at radius 2 is 0.962 bits per heavy atom. The highest BCUT2D eigenvalue weighted by Gasteiger charge is 2.53. The van der Waals surface area contributed by atoms with Gasteiger partial charge in [-0.2, -0.15) is 0 Å². The molecule has 1 unspecified atom stereocenters. The summed E-state index contributed by atoms with van der Waals surface area (Å²) >= 11 is 0. The van der Waals surface area contributed by atoms with Crippen LogP contribution in [0, 0.1) is 0 Å². The van der Waals surface area contributed by atoms with Crippen LogP contribution in [0.4, 0.5) is 0 Å². The van der Waals surface area contributed by atoms with Crippen LogP contribution in [-0.4, -0.2) is 105 Å². The van der Waals surface area contributed by atoms with Gasteiger partial charge in [-0.15, -0.1) is 0 Å². The summed E-state index contributed by atoms with van der Waals surface area (Å²) in [5.74, 6) is 0. The van der Waals surface area contributed by atoms with E-state index in [2.05, 4.69) is 20.1 Å². The molecule has 6 N–H and O–H groups in total. The Labute approximate surface area is 146 Å². The minimum Gasteiger partial charge on any atom is -0.388 e. The van der Waals surface area contributed by atoms with Gasteiger partial charge in [-0.3, -0.25) is 0 Å². The van der Waals surface area contributed by atoms with Gasteiger partial charge in [0.05, 0.1) is 25.3 Å². The van der Waals surface area contributed by atoms with Crippen molar-refractivity contribution in [1.29, 1.82) is 0 Å². The molecule has 146 valence electrons. The van der Waals surface area contributed by atoms with Gasteiger partial charge in [0.15, 0.2) is 0 Å². The Morgan fingerprint density at radius 1 is 0.615 bits per heavy atom. The fraction of sp³-hybridized carbons (Fsp3) is 1.00. The van der Waals surface area contributed by atoms with Crippen molar-refractivity contribution in [3.63, 3.8) is 0 Å². The third kappa shape index (κ3) is 4.00. The standard InChI is InChI=1S/C12H20N6O8/c13-17-15-1-3-5(19)7(21)9(23)11(25-3)12-10(24)8(22)6(20)4(26-12)2-16-18-14/h3-12,19-24H,1-2H2/t3-,4-,5-,6-,7+,8+,9-,10-,11+,12?/m1/s1. The maximum Gasteiger partial charge on any atom is 0.115 e. The van der Waals surface area contributed by atoms with E-state index in [4.69, 9.17) is 20.5 Å². The Morgan fingerprint density at radius 3 is 1.27 bits per heavy atom. The zero-order valence-electron chi connectivity index (χ0n) is 13.4. The number of azide groups is 2. The molecule has 0 saturated carbocycles. The normalized spacial score (nSPS) is 46.1. The average molecular weight is 376 g/mol. The van der Waals surface area contributed by atoms with Crippen molar-refractivity contribution < 1.29 is 40.1 Å². The van der Waals surface area contributed by atoms with Crippen LogP contribution in [0.2, 0.25) is 0 Å². The molecular weight excluding hydrogens is 356 g/mol. The van der Waals surface area contributed by atoms with E-state index in [0.29, 0.717) is 0 Å². The number of ether oxygens (including phenoxy) is 2. The Bertz CT molecular complexity index is 534. The first-order valence-electron chi connectivity index (χ1n) is 7.74. The predicted octanol–water partition coefficient (Wildman–Crippen LogP) is -2.69. The van der Waals surface area contributed by atoms with E-state index < -0.39 is 61.0 Å². The quantitative estimate of drug-likeness (QED) is 0.167. The lowest BCUT2D eigenvalue weighted by Gasteiger charge is -2.48. The molecule has 14 nitrogen and oxygen atoms in total. The van der Waals surface area contributed by atoms with Crippen LogP contribution in [0.5, 0.6) is 0 Å². The highest BCUT2D eigenvalue weighted by molar-refractivity contribution is 5.02. The zero-order valence-corrected chi connectivity index (χ0v) is 13.4. The molecule has 0 radical (unpaired) electrons. The van der Waals surface area contributed by atoms with Gasteiger partial charge < -0.3 is 40.1 Å². The van der Waals surface area contributed by atoms with E-state index in [-0.39, 0.29) is 13.1 Å². The van der Waals surface area contributed by atoms with E-state index in [9.17, 15) is 30.6 Å². The minimum absolute atomic E-state index is 0.367. The van der Waals surface area contributed by atoms with Crippen LogP contribution >= 0.6 is 0 Å². The number of hydrogen-bond acceptors (Lipinski definition) is 10. The summed E-state index contributed by atoms with van der Waals surface area (Å²) in [6.45, 7) is -0.734. The van der Waals surface area contributed by atoms with Crippen molar-refractivity contribution in [3.8, 4) is 0 Å². The molecular formula is C12H20N6O8. The lowest BCUT2D eigenvalue weighted by atomic mass is 9.85. The molecule has 14 heteroatoms. The average Bonchev–Trinajstić information content (AvgIpc) is 2.64. The molecule has 2 aliphatic rings. The Hall–Kier alpha value is -1.70. The molecule has 0 spiro atoms. The maximum atomic E-state index is 10.2. The lowest BCUT2D eigenvalue weighted by Crippen LogP contribution is -2.68. The predicted molar refractivity (Wildman–Crippen MR) is 81.4 cm³/mol. The second-order valence-corrected chi connectivity index (χ2v) is 6.05. The summed E-state index contributed by atoms with van der Waals surface area (Å²) in [4.78, 5) is 5.04. The van der Waals surface area contributed by atoms with E-state index in [0.717, 1.165) is 0 Å². The second-order valence-electron chi connectivity index (χ2n) is 6.05. The van der Waals surface area contributed by atoms with Crippen molar-refractivity contribution in [2.24, 2.45) is 10.2 Å². The number of nitrogens with zero attached hydrogens (tertiary/aromatic N) is 6. The van der Waals surface area contributed by atoms with Crippen molar-refractivity contribution in [2.75, 3.05) is 13.1 Å². The number of rotatable bonds is 5. The Balaban J connectivity index is 2.24. The first-order chi connectivity index (χ1) is 12.3. The highest BCUT2D eigenvalue weighted by Crippen LogP contribution is 2.31. The molecule has 0 aliphatic carbocycles. The molecule has 0 aromatic carbocycles. The van der Waals surface area contributed by atoms with Crippen LogP contribution < -0.4 is 0 Å². The Kier molecular flexibility index (Phi) is 6.97. The van der Waals surface area contributed by atoms with Crippen molar-refractivity contribution in [3.05, 3.63) is 20.9 Å². The summed E-state index contributed by atoms with van der Waals surface area (Å²) in [6.07, 6.45) is -15.2. The van der Waals surface area contributed by atoms with Crippen LogP contribution in [0.1, 0.15) is 0 Å². The summed E-state index contributed by atoms with van der Waals surface area (Å²) < 4.78 is 10.8. The van der Waals surface area contributed by atoms with Gasteiger partial charge in [-0.1, -0.05) is 10.2 Å². The second kappa shape index (κ2) is 8.79. The van der Waals surface area contributed by atoms with Gasteiger partial charge in [-0.05, 0) is 11.1 Å². The van der Waals surface area contributed by atoms with E-state index in [1.807, 2.05) is 0 Å². The number of aliphatic hydroxyl groups is 6. The zero-order chi connectivity index (χ0) is 19.4. The topological polar surface area (TPSA) is 237 Å². The van der Waals surface area contributed by atoms with Gasteiger partial charge in [0.1, 0.15) is 48.8 Å². The first-order valence-corrected chi connectivity index (χ1v) is 7.74. The molecule has 0 bridgehead atoms. The van der Waals surface area contributed by atoms with Crippen molar-refractivity contribution in [1.82, 2.24) is 0 Å². The van der Waals surface area contributed by atoms with Gasteiger partial charge in [-0.25, -0.2) is 0 Å². The van der Waals surface area contributed by atoms with Crippen LogP contribution in [0.25, 0.3) is 20.9 Å². The fourth-order valence-electron chi connectivity index (χ4n) is 3.04. The summed E-state index contributed by atoms with van der Waals surface area (Å²) in [5.41, 5.74) is 16.8. The van der Waals surface area contributed by atoms with Gasteiger partial charge >= 0.3 is 0 Å². The van der Waals surface area contributed by atoms with E-state index in [1.165, 1.54) is 0 Å². The lowest BCUT2D eigenvalue weighted by molar-refractivity contribution is -0.294. The molecule has 2 heterocycles. The van der Waals surface area contributed by atoms with Crippen LogP contribution in [-0.2, 0) is 9.47 Å². The largest absolute Gasteiger partial charge is 0.388 e. The molecule has 0 aromatic heterocycles. The molecule has 2 aliphatic heterocycles. The van der Waals surface area contributed by atoms with Crippen molar-refractivity contribution >= 4 is 0 Å². The van der Waals surface area contributed by atoms with Gasteiger partial charge in [0.25, 0.3) is 0 Å². The highest BCUT2D eigenvalue weighted by atomic mass is 16.6. The molecule has 26 heavy (non-hydrogen) atoms. The summed E-state index contributed by atoms with van der Waals surface area (Å²) in [7, 11) is 0. The third-order valence-electron chi connectivity index (χ3n) is 4.47. The van der Waals surface area contributed by atoms with Crippen LogP contribution in [0.15, 0.2) is 10.2 Å². The van der Waals surface area contributed by atoms with Crippen LogP contribution in [0.3, 0.4) is 0 Å². The molecule has 2 saturated heterocycles. The van der Waals surface area contributed by atoms with Gasteiger partial charge in [0, 0.05) is 9.82 Å². The fourth-order valence-corrected chi connectivity index (χ4v) is 3.04. The monoisotopic (exact) mass is 376 g/mol. The third-order valence-corrected chi connectivity index (χ3v) is 4.47. The number of hydrogen-bond donors (Lipinski definition) is 6. The van der Waals surface area contributed by atoms with E-state index in [1.54, 1.807) is 0 Å². The van der Waals surface area contributed by atoms with E-state index >= 15 is 0 Å². The minimum atomic E-state index is -1.71. The summed E-state index contributed by atoms with van der Waals surface area (Å²) in [5, 5.41) is 66.7.